The summed E-state index contributed by atoms with van der Waals surface area (Å²) >= 11 is 0. The van der Waals surface area contributed by atoms with Crippen molar-refractivity contribution in [1.29, 1.82) is 0 Å². The molecule has 1 aromatic carbocycles. The minimum Gasteiger partial charge on any atom is -0.352 e. The lowest BCUT2D eigenvalue weighted by atomic mass is 9.95. The Labute approximate surface area is 78.7 Å². The molecule has 0 aliphatic rings. The van der Waals surface area contributed by atoms with Gasteiger partial charge in [-0.15, -0.1) is 0 Å². The molecular weight excluding hydrogens is 163 g/mol. The average molecular weight is 176 g/mol. The summed E-state index contributed by atoms with van der Waals surface area (Å²) in [6.45, 7) is 0.596. The van der Waals surface area contributed by atoms with E-state index in [4.69, 9.17) is 5.73 Å². The van der Waals surface area contributed by atoms with Crippen molar-refractivity contribution < 1.29 is 4.79 Å². The van der Waals surface area contributed by atoms with Crippen molar-refractivity contribution >= 4 is 19.3 Å². The highest BCUT2D eigenvalue weighted by molar-refractivity contribution is 6.32. The molecule has 0 aliphatic carbocycles. The number of nitrogens with one attached hydrogen (secondary N) is 1. The van der Waals surface area contributed by atoms with Crippen LogP contribution in [0.2, 0.25) is 0 Å². The fourth-order valence-corrected chi connectivity index (χ4v) is 1.08. The molecule has 0 unspecified atom stereocenters. The number of carbonyl (C=O) groups is 1. The lowest BCUT2D eigenvalue weighted by Gasteiger charge is -2.02. The van der Waals surface area contributed by atoms with Gasteiger partial charge in [-0.3, -0.25) is 0 Å². The van der Waals surface area contributed by atoms with E-state index in [1.165, 1.54) is 11.0 Å². The van der Waals surface area contributed by atoms with Crippen molar-refractivity contribution in [1.82, 2.24) is 5.32 Å². The first-order valence-electron chi connectivity index (χ1n) is 4.27. The second kappa shape index (κ2) is 4.55. The van der Waals surface area contributed by atoms with Crippen molar-refractivity contribution in [3.05, 3.63) is 29.8 Å². The number of nitrogens with two attached hydrogens (primary N) is 1. The van der Waals surface area contributed by atoms with E-state index in [0.717, 1.165) is 6.42 Å². The van der Waals surface area contributed by atoms with E-state index >= 15 is 0 Å². The highest BCUT2D eigenvalue weighted by atomic mass is 16.2. The molecule has 2 amide bonds. The Hall–Kier alpha value is -1.45. The average Bonchev–Trinajstić information content (AvgIpc) is 2.08. The summed E-state index contributed by atoms with van der Waals surface area (Å²) in [7, 11) is 2.05. The Kier molecular flexibility index (Phi) is 3.37. The summed E-state index contributed by atoms with van der Waals surface area (Å²) in [5.74, 6) is 0. The molecular formula is C9H13BN2O. The van der Waals surface area contributed by atoms with E-state index in [2.05, 4.69) is 29.6 Å². The SMILES string of the molecule is Bc1ccc(CCNC(N)=O)cc1. The van der Waals surface area contributed by atoms with Crippen LogP contribution in [0.3, 0.4) is 0 Å². The largest absolute Gasteiger partial charge is 0.352 e. The smallest absolute Gasteiger partial charge is 0.312 e. The Morgan fingerprint density at radius 1 is 1.38 bits per heavy atom. The highest BCUT2D eigenvalue weighted by Gasteiger charge is 1.93. The van der Waals surface area contributed by atoms with E-state index in [0.29, 0.717) is 6.54 Å². The maximum atomic E-state index is 10.4. The number of carbonyl (C=O) groups excluding carboxylic acids is 1. The molecule has 0 bridgehead atoms. The fourth-order valence-electron chi connectivity index (χ4n) is 1.08. The Balaban J connectivity index is 2.37. The summed E-state index contributed by atoms with van der Waals surface area (Å²) in [5, 5.41) is 2.55. The number of primary amides is 1. The van der Waals surface area contributed by atoms with Crippen LogP contribution >= 0.6 is 0 Å². The van der Waals surface area contributed by atoms with Gasteiger partial charge in [-0.25, -0.2) is 4.79 Å². The molecule has 1 rings (SSSR count). The number of amides is 2. The summed E-state index contributed by atoms with van der Waals surface area (Å²) in [6, 6.07) is 7.75. The van der Waals surface area contributed by atoms with Crippen molar-refractivity contribution in [2.24, 2.45) is 5.73 Å². The summed E-state index contributed by atoms with van der Waals surface area (Å²) in [4.78, 5) is 10.4. The molecule has 0 atom stereocenters. The molecule has 0 aromatic heterocycles. The first-order chi connectivity index (χ1) is 6.18. The molecule has 4 heteroatoms. The monoisotopic (exact) mass is 176 g/mol. The maximum Gasteiger partial charge on any atom is 0.312 e. The van der Waals surface area contributed by atoms with Gasteiger partial charge in [0, 0.05) is 6.54 Å². The molecule has 0 fully saturated rings. The highest BCUT2D eigenvalue weighted by Crippen LogP contribution is 1.96. The Morgan fingerprint density at radius 2 is 2.00 bits per heavy atom. The molecule has 0 aliphatic heterocycles. The maximum absolute atomic E-state index is 10.4. The third kappa shape index (κ3) is 3.65. The van der Waals surface area contributed by atoms with Gasteiger partial charge in [-0.2, -0.15) is 0 Å². The number of hydrogen-bond acceptors (Lipinski definition) is 1. The van der Waals surface area contributed by atoms with Crippen LogP contribution < -0.4 is 16.5 Å². The number of rotatable bonds is 3. The molecule has 3 N–H and O–H groups in total. The lowest BCUT2D eigenvalue weighted by Crippen LogP contribution is -2.30. The van der Waals surface area contributed by atoms with Gasteiger partial charge in [0.25, 0.3) is 0 Å². The summed E-state index contributed by atoms with van der Waals surface area (Å²) in [5.41, 5.74) is 7.38. The van der Waals surface area contributed by atoms with Gasteiger partial charge >= 0.3 is 6.03 Å². The summed E-state index contributed by atoms with van der Waals surface area (Å²) < 4.78 is 0. The number of benzene rings is 1. The van der Waals surface area contributed by atoms with E-state index in [9.17, 15) is 4.79 Å². The van der Waals surface area contributed by atoms with Crippen LogP contribution in [-0.4, -0.2) is 20.4 Å². The van der Waals surface area contributed by atoms with Gasteiger partial charge in [-0.05, 0) is 12.0 Å². The van der Waals surface area contributed by atoms with E-state index in [1.807, 2.05) is 7.85 Å². The second-order valence-electron chi connectivity index (χ2n) is 3.03. The number of hydrogen-bond donors (Lipinski definition) is 2. The summed E-state index contributed by atoms with van der Waals surface area (Å²) in [6.07, 6.45) is 0.823. The minimum absolute atomic E-state index is 0.466. The van der Waals surface area contributed by atoms with Gasteiger partial charge in [0.1, 0.15) is 7.85 Å². The standard InChI is InChI=1S/C9H13BN2O/c10-8-3-1-7(2-4-8)5-6-12-9(11)13/h1-4H,5-6,10H2,(H3,11,12,13). The molecule has 3 nitrogen and oxygen atoms in total. The normalized spacial score (nSPS) is 9.54. The second-order valence-corrected chi connectivity index (χ2v) is 3.03. The van der Waals surface area contributed by atoms with E-state index in [1.54, 1.807) is 0 Å². The molecule has 0 radical (unpaired) electrons. The molecule has 0 spiro atoms. The van der Waals surface area contributed by atoms with E-state index < -0.39 is 6.03 Å². The zero-order valence-corrected chi connectivity index (χ0v) is 7.71. The van der Waals surface area contributed by atoms with Gasteiger partial charge in [0.2, 0.25) is 0 Å². The van der Waals surface area contributed by atoms with Crippen molar-refractivity contribution in [3.8, 4) is 0 Å². The Morgan fingerprint density at radius 3 is 2.54 bits per heavy atom. The first-order valence-corrected chi connectivity index (χ1v) is 4.27. The minimum atomic E-state index is -0.466. The van der Waals surface area contributed by atoms with Gasteiger partial charge < -0.3 is 11.1 Å². The Bertz CT molecular complexity index is 284. The number of urea groups is 1. The van der Waals surface area contributed by atoms with Crippen LogP contribution in [0.1, 0.15) is 5.56 Å². The van der Waals surface area contributed by atoms with Crippen LogP contribution in [0.4, 0.5) is 4.79 Å². The molecule has 13 heavy (non-hydrogen) atoms. The fraction of sp³-hybridized carbons (Fsp3) is 0.222. The van der Waals surface area contributed by atoms with Gasteiger partial charge in [0.15, 0.2) is 0 Å². The molecule has 0 saturated heterocycles. The van der Waals surface area contributed by atoms with Crippen LogP contribution in [0, 0.1) is 0 Å². The zero-order valence-electron chi connectivity index (χ0n) is 7.71. The lowest BCUT2D eigenvalue weighted by molar-refractivity contribution is 0.249. The topological polar surface area (TPSA) is 55.1 Å². The molecule has 1 aromatic rings. The third-order valence-electron chi connectivity index (χ3n) is 1.83. The van der Waals surface area contributed by atoms with Crippen molar-refractivity contribution in [2.75, 3.05) is 6.54 Å². The third-order valence-corrected chi connectivity index (χ3v) is 1.83. The predicted octanol–water partition coefficient (Wildman–Crippen LogP) is -0.844. The van der Waals surface area contributed by atoms with Crippen molar-refractivity contribution in [2.45, 2.75) is 6.42 Å². The van der Waals surface area contributed by atoms with Gasteiger partial charge in [-0.1, -0.05) is 29.7 Å². The predicted molar refractivity (Wildman–Crippen MR) is 55.9 cm³/mol. The molecule has 68 valence electrons. The van der Waals surface area contributed by atoms with Crippen LogP contribution in [0.15, 0.2) is 24.3 Å². The van der Waals surface area contributed by atoms with Gasteiger partial charge in [0.05, 0.1) is 0 Å². The van der Waals surface area contributed by atoms with Crippen LogP contribution in [0.25, 0.3) is 0 Å². The zero-order chi connectivity index (χ0) is 9.68. The molecule has 0 heterocycles. The van der Waals surface area contributed by atoms with E-state index in [-0.39, 0.29) is 0 Å². The quantitative estimate of drug-likeness (QED) is 0.579. The molecule has 0 saturated carbocycles. The van der Waals surface area contributed by atoms with Crippen LogP contribution in [0.5, 0.6) is 0 Å². The first kappa shape index (κ1) is 9.64. The van der Waals surface area contributed by atoms with Crippen molar-refractivity contribution in [3.63, 3.8) is 0 Å². The van der Waals surface area contributed by atoms with Crippen LogP contribution in [-0.2, 0) is 6.42 Å².